The van der Waals surface area contributed by atoms with Crippen molar-refractivity contribution in [1.29, 1.82) is 0 Å². The predicted octanol–water partition coefficient (Wildman–Crippen LogP) is 2.46. The molecule has 0 bridgehead atoms. The highest BCUT2D eigenvalue weighted by atomic mass is 19.4. The van der Waals surface area contributed by atoms with Gasteiger partial charge in [0.1, 0.15) is 5.75 Å². The molecule has 0 spiro atoms. The van der Waals surface area contributed by atoms with Crippen molar-refractivity contribution in [2.45, 2.75) is 6.18 Å². The first-order valence-electron chi connectivity index (χ1n) is 5.94. The summed E-state index contributed by atoms with van der Waals surface area (Å²) in [5.41, 5.74) is -0.829. The normalized spacial score (nSPS) is 11.2. The Balaban J connectivity index is 1.92. The van der Waals surface area contributed by atoms with Gasteiger partial charge in [0.15, 0.2) is 12.4 Å². The van der Waals surface area contributed by atoms with E-state index in [1.54, 1.807) is 19.3 Å². The number of ether oxygens (including phenoxy) is 1. The number of halogens is 3. The first-order chi connectivity index (χ1) is 9.84. The predicted molar refractivity (Wildman–Crippen MR) is 68.8 cm³/mol. The largest absolute Gasteiger partial charge is 0.484 e. The molecule has 112 valence electrons. The lowest BCUT2D eigenvalue weighted by Gasteiger charge is -2.09. The third-order valence-corrected chi connectivity index (χ3v) is 2.51. The van der Waals surface area contributed by atoms with Crippen LogP contribution in [0.1, 0.15) is 5.56 Å². The van der Waals surface area contributed by atoms with Crippen LogP contribution in [0.5, 0.6) is 5.75 Å². The van der Waals surface area contributed by atoms with Crippen LogP contribution in [0, 0.1) is 0 Å². The lowest BCUT2D eigenvalue weighted by atomic mass is 10.2. The molecule has 1 aromatic heterocycles. The summed E-state index contributed by atoms with van der Waals surface area (Å²) in [6, 6.07) is 5.93. The number of alkyl halides is 3. The molecular formula is C13H12F3N3O2. The van der Waals surface area contributed by atoms with Gasteiger partial charge in [0.05, 0.1) is 5.56 Å². The fraction of sp³-hybridized carbons (Fsp3) is 0.231. The van der Waals surface area contributed by atoms with Crippen molar-refractivity contribution in [3.8, 4) is 5.75 Å². The summed E-state index contributed by atoms with van der Waals surface area (Å²) in [4.78, 5) is 11.6. The standard InChI is InChI=1S/C13H12F3N3O2/c1-19-6-5-11(18-19)17-12(20)8-21-10-4-2-3-9(7-10)13(14,15)16/h2-7H,8H2,1H3,(H,17,18,20). The van der Waals surface area contributed by atoms with Crippen LogP contribution >= 0.6 is 0 Å². The minimum Gasteiger partial charge on any atom is -0.484 e. The number of nitrogens with one attached hydrogen (secondary N) is 1. The lowest BCUT2D eigenvalue weighted by Crippen LogP contribution is -2.20. The minimum atomic E-state index is -4.45. The van der Waals surface area contributed by atoms with Gasteiger partial charge >= 0.3 is 6.18 Å². The van der Waals surface area contributed by atoms with Crippen molar-refractivity contribution in [3.05, 3.63) is 42.1 Å². The molecule has 0 radical (unpaired) electrons. The van der Waals surface area contributed by atoms with E-state index in [0.717, 1.165) is 12.1 Å². The number of benzene rings is 1. The zero-order valence-electron chi connectivity index (χ0n) is 11.0. The Bertz CT molecular complexity index is 638. The topological polar surface area (TPSA) is 56.2 Å². The summed E-state index contributed by atoms with van der Waals surface area (Å²) in [7, 11) is 1.69. The minimum absolute atomic E-state index is 0.0269. The monoisotopic (exact) mass is 299 g/mol. The summed E-state index contributed by atoms with van der Waals surface area (Å²) in [5, 5.41) is 6.39. The number of amides is 1. The Labute approximate surface area is 118 Å². The van der Waals surface area contributed by atoms with Crippen LogP contribution in [0.4, 0.5) is 19.0 Å². The maximum Gasteiger partial charge on any atom is 0.416 e. The quantitative estimate of drug-likeness (QED) is 0.943. The second-order valence-corrected chi connectivity index (χ2v) is 4.24. The molecular weight excluding hydrogens is 287 g/mol. The van der Waals surface area contributed by atoms with Gasteiger partial charge < -0.3 is 10.1 Å². The van der Waals surface area contributed by atoms with Gasteiger partial charge in [0, 0.05) is 19.3 Å². The van der Waals surface area contributed by atoms with Crippen LogP contribution in [0.3, 0.4) is 0 Å². The molecule has 0 aliphatic heterocycles. The second kappa shape index (κ2) is 5.86. The van der Waals surface area contributed by atoms with E-state index in [2.05, 4.69) is 10.4 Å². The van der Waals surface area contributed by atoms with Gasteiger partial charge in [-0.05, 0) is 18.2 Å². The summed E-state index contributed by atoms with van der Waals surface area (Å²) >= 11 is 0. The van der Waals surface area contributed by atoms with Crippen molar-refractivity contribution in [1.82, 2.24) is 9.78 Å². The van der Waals surface area contributed by atoms with E-state index in [9.17, 15) is 18.0 Å². The number of carbonyl (C=O) groups excluding carboxylic acids is 1. The molecule has 0 unspecified atom stereocenters. The molecule has 0 saturated heterocycles. The number of hydrogen-bond donors (Lipinski definition) is 1. The molecule has 0 saturated carbocycles. The van der Waals surface area contributed by atoms with Gasteiger partial charge in [0.25, 0.3) is 5.91 Å². The van der Waals surface area contributed by atoms with Gasteiger partial charge in [-0.25, -0.2) is 0 Å². The number of rotatable bonds is 4. The van der Waals surface area contributed by atoms with E-state index in [4.69, 9.17) is 4.74 Å². The van der Waals surface area contributed by atoms with Crippen molar-refractivity contribution < 1.29 is 22.7 Å². The first-order valence-corrected chi connectivity index (χ1v) is 5.94. The molecule has 21 heavy (non-hydrogen) atoms. The Morgan fingerprint density at radius 3 is 2.76 bits per heavy atom. The van der Waals surface area contributed by atoms with E-state index >= 15 is 0 Å². The molecule has 0 aliphatic carbocycles. The molecule has 0 aliphatic rings. The molecule has 0 atom stereocenters. The Morgan fingerprint density at radius 1 is 1.38 bits per heavy atom. The molecule has 8 heteroatoms. The average Bonchev–Trinajstić information content (AvgIpc) is 2.81. The summed E-state index contributed by atoms with van der Waals surface area (Å²) in [5.74, 6) is -0.192. The Morgan fingerprint density at radius 2 is 2.14 bits per heavy atom. The summed E-state index contributed by atoms with van der Waals surface area (Å²) in [6.07, 6.45) is -2.81. The summed E-state index contributed by atoms with van der Waals surface area (Å²) < 4.78 is 44.1. The lowest BCUT2D eigenvalue weighted by molar-refractivity contribution is -0.137. The van der Waals surface area contributed by atoms with Crippen molar-refractivity contribution in [2.24, 2.45) is 7.05 Å². The second-order valence-electron chi connectivity index (χ2n) is 4.24. The zero-order chi connectivity index (χ0) is 15.5. The maximum atomic E-state index is 12.5. The first kappa shape index (κ1) is 14.9. The van der Waals surface area contributed by atoms with Gasteiger partial charge in [0.2, 0.25) is 0 Å². The summed E-state index contributed by atoms with van der Waals surface area (Å²) in [6.45, 7) is -0.405. The van der Waals surface area contributed by atoms with Crippen LogP contribution in [-0.4, -0.2) is 22.3 Å². The molecule has 2 rings (SSSR count). The molecule has 1 N–H and O–H groups in total. The van der Waals surface area contributed by atoms with Crippen molar-refractivity contribution in [3.63, 3.8) is 0 Å². The van der Waals surface area contributed by atoms with Crippen LogP contribution in [0.2, 0.25) is 0 Å². The third kappa shape index (κ3) is 4.23. The van der Waals surface area contributed by atoms with E-state index in [1.165, 1.54) is 16.8 Å². The highest BCUT2D eigenvalue weighted by Crippen LogP contribution is 2.31. The molecule has 1 aromatic carbocycles. The Kier molecular flexibility index (Phi) is 4.15. The number of aryl methyl sites for hydroxylation is 1. The van der Waals surface area contributed by atoms with Gasteiger partial charge in [-0.1, -0.05) is 6.07 Å². The maximum absolute atomic E-state index is 12.5. The number of aromatic nitrogens is 2. The van der Waals surface area contributed by atoms with Gasteiger partial charge in [-0.15, -0.1) is 0 Å². The number of anilines is 1. The fourth-order valence-electron chi connectivity index (χ4n) is 1.57. The van der Waals surface area contributed by atoms with Gasteiger partial charge in [-0.2, -0.15) is 18.3 Å². The SMILES string of the molecule is Cn1ccc(NC(=O)COc2cccc(C(F)(F)F)c2)n1. The Hall–Kier alpha value is -2.51. The fourth-order valence-corrected chi connectivity index (χ4v) is 1.57. The third-order valence-electron chi connectivity index (χ3n) is 2.51. The van der Waals surface area contributed by atoms with Gasteiger partial charge in [-0.3, -0.25) is 9.48 Å². The van der Waals surface area contributed by atoms with E-state index in [-0.39, 0.29) is 5.75 Å². The van der Waals surface area contributed by atoms with Crippen molar-refractivity contribution >= 4 is 11.7 Å². The highest BCUT2D eigenvalue weighted by Gasteiger charge is 2.30. The van der Waals surface area contributed by atoms with Crippen LogP contribution in [0.15, 0.2) is 36.5 Å². The zero-order valence-corrected chi connectivity index (χ0v) is 11.0. The average molecular weight is 299 g/mol. The van der Waals surface area contributed by atoms with E-state index < -0.39 is 24.3 Å². The van der Waals surface area contributed by atoms with Crippen LogP contribution in [-0.2, 0) is 18.0 Å². The number of nitrogens with zero attached hydrogens (tertiary/aromatic N) is 2. The molecule has 0 fully saturated rings. The molecule has 5 nitrogen and oxygen atoms in total. The van der Waals surface area contributed by atoms with Crippen molar-refractivity contribution in [2.75, 3.05) is 11.9 Å². The molecule has 2 aromatic rings. The smallest absolute Gasteiger partial charge is 0.416 e. The number of carbonyl (C=O) groups is 1. The van der Waals surface area contributed by atoms with Crippen LogP contribution < -0.4 is 10.1 Å². The number of hydrogen-bond acceptors (Lipinski definition) is 3. The molecule has 1 amide bonds. The van der Waals surface area contributed by atoms with E-state index in [0.29, 0.717) is 5.82 Å². The van der Waals surface area contributed by atoms with Crippen LogP contribution in [0.25, 0.3) is 0 Å². The highest BCUT2D eigenvalue weighted by molar-refractivity contribution is 5.90. The molecule has 1 heterocycles. The van der Waals surface area contributed by atoms with E-state index in [1.807, 2.05) is 0 Å².